The molecule has 2 N–H and O–H groups in total. The van der Waals surface area contributed by atoms with Crippen molar-refractivity contribution in [3.8, 4) is 5.88 Å². The van der Waals surface area contributed by atoms with Gasteiger partial charge in [-0.05, 0) is 25.2 Å². The van der Waals surface area contributed by atoms with Crippen molar-refractivity contribution < 1.29 is 32.9 Å². The molecule has 2 aromatic rings. The monoisotopic (exact) mass is 481 g/mol. The highest BCUT2D eigenvalue weighted by Crippen LogP contribution is 2.39. The summed E-state index contributed by atoms with van der Waals surface area (Å²) < 4.78 is 40.0. The molecule has 0 spiro atoms. The van der Waals surface area contributed by atoms with Crippen molar-refractivity contribution in [2.24, 2.45) is 5.92 Å². The molecule has 0 radical (unpaired) electrons. The molecule has 1 aliphatic carbocycles. The number of esters is 2. The summed E-state index contributed by atoms with van der Waals surface area (Å²) in [7, 11) is 1.39. The number of anilines is 1. The van der Waals surface area contributed by atoms with E-state index in [0.29, 0.717) is 12.5 Å². The number of carbonyl (C=O) groups is 2. The highest BCUT2D eigenvalue weighted by Gasteiger charge is 2.53. The van der Waals surface area contributed by atoms with Crippen molar-refractivity contribution in [3.63, 3.8) is 0 Å². The van der Waals surface area contributed by atoms with Gasteiger partial charge in [-0.3, -0.25) is 14.2 Å². The quantitative estimate of drug-likeness (QED) is 0.543. The van der Waals surface area contributed by atoms with E-state index in [0.717, 1.165) is 24.3 Å². The van der Waals surface area contributed by atoms with Gasteiger partial charge >= 0.3 is 17.6 Å². The van der Waals surface area contributed by atoms with E-state index in [4.69, 9.17) is 24.7 Å². The van der Waals surface area contributed by atoms with Crippen LogP contribution >= 0.6 is 0 Å². The van der Waals surface area contributed by atoms with Crippen LogP contribution in [0, 0.1) is 5.92 Å². The fourth-order valence-electron chi connectivity index (χ4n) is 4.33. The maximum atomic E-state index is 15.6. The van der Waals surface area contributed by atoms with Crippen molar-refractivity contribution in [1.29, 1.82) is 0 Å². The molecule has 4 rings (SSSR count). The maximum Gasteiger partial charge on any atom is 0.332 e. The number of nitrogen functional groups attached to an aromatic ring is 1. The Bertz CT molecular complexity index is 1160. The third-order valence-electron chi connectivity index (χ3n) is 5.97. The number of halogens is 1. The molecule has 1 saturated carbocycles. The Morgan fingerprint density at radius 1 is 1.26 bits per heavy atom. The zero-order chi connectivity index (χ0) is 24.7. The van der Waals surface area contributed by atoms with Gasteiger partial charge in [-0.2, -0.15) is 9.97 Å². The highest BCUT2D eigenvalue weighted by atomic mass is 19.1. The number of fused-ring (bicyclic) bond motifs is 1. The number of carbonyl (C=O) groups excluding carboxylic acids is 2. The molecule has 0 bridgehead atoms. The molecule has 2 fully saturated rings. The number of hydrogen-bond donors (Lipinski definition) is 1. The number of rotatable bonds is 8. The van der Waals surface area contributed by atoms with Crippen LogP contribution in [0.2, 0.25) is 0 Å². The predicted octanol–water partition coefficient (Wildman–Crippen LogP) is 1.10. The van der Waals surface area contributed by atoms with E-state index in [2.05, 4.69) is 9.97 Å². The van der Waals surface area contributed by atoms with Crippen LogP contribution in [0.1, 0.15) is 46.3 Å². The summed E-state index contributed by atoms with van der Waals surface area (Å²) in [6, 6.07) is 0. The number of methoxy groups -OCH3 is 1. The second kappa shape index (κ2) is 9.20. The van der Waals surface area contributed by atoms with Crippen molar-refractivity contribution in [2.75, 3.05) is 12.8 Å². The lowest BCUT2D eigenvalue weighted by Gasteiger charge is -2.23. The standard InChI is InChI=1S/C21H28FN5O7/c1-5-12(32-9(2)28)15-13(22)16(33-10(3)29)19(34-15)27-17-14(18(31-4)25-20(23)24-17)26(21(27)30)8-11-6-7-11/h11-13,15-16,19H,5-8H2,1-4H3,(H2,23,24,25)/t12?,13-,15+,16+,19+/m0/s1. The van der Waals surface area contributed by atoms with Crippen LogP contribution in [-0.4, -0.2) is 62.6 Å². The first-order valence-electron chi connectivity index (χ1n) is 11.1. The largest absolute Gasteiger partial charge is 0.479 e. The molecule has 13 heteroatoms. The zero-order valence-electron chi connectivity index (χ0n) is 19.4. The van der Waals surface area contributed by atoms with Gasteiger partial charge in [0.25, 0.3) is 0 Å². The van der Waals surface area contributed by atoms with Gasteiger partial charge in [0.1, 0.15) is 12.2 Å². The summed E-state index contributed by atoms with van der Waals surface area (Å²) in [4.78, 5) is 45.3. The molecule has 1 saturated heterocycles. The number of nitrogens with two attached hydrogens (primary N) is 1. The van der Waals surface area contributed by atoms with Gasteiger partial charge in [-0.25, -0.2) is 13.8 Å². The topological polar surface area (TPSA) is 150 Å². The summed E-state index contributed by atoms with van der Waals surface area (Å²) in [5, 5.41) is 0. The predicted molar refractivity (Wildman–Crippen MR) is 116 cm³/mol. The van der Waals surface area contributed by atoms with E-state index in [1.54, 1.807) is 6.92 Å². The SMILES string of the molecule is CCC(OC(C)=O)[C@H]1O[C@@H](n2c(=O)n(CC3CC3)c3c(OC)nc(N)nc32)[C@H](OC(C)=O)[C@H]1F. The van der Waals surface area contributed by atoms with Gasteiger partial charge in [0.2, 0.25) is 11.8 Å². The van der Waals surface area contributed by atoms with Crippen LogP contribution in [0.4, 0.5) is 10.3 Å². The molecule has 0 aromatic carbocycles. The Hall–Kier alpha value is -3.22. The minimum Gasteiger partial charge on any atom is -0.479 e. The van der Waals surface area contributed by atoms with E-state index in [9.17, 15) is 14.4 Å². The minimum absolute atomic E-state index is 0.0607. The average molecular weight is 481 g/mol. The first-order valence-corrected chi connectivity index (χ1v) is 11.1. The van der Waals surface area contributed by atoms with Crippen molar-refractivity contribution in [2.45, 2.75) is 77.3 Å². The number of hydrogen-bond acceptors (Lipinski definition) is 10. The summed E-state index contributed by atoms with van der Waals surface area (Å²) in [5.74, 6) is -1.16. The molecule has 3 heterocycles. The van der Waals surface area contributed by atoms with Crippen LogP contribution in [0.3, 0.4) is 0 Å². The minimum atomic E-state index is -1.88. The Morgan fingerprint density at radius 2 is 1.97 bits per heavy atom. The summed E-state index contributed by atoms with van der Waals surface area (Å²) in [5.41, 5.74) is 5.63. The number of ether oxygens (including phenoxy) is 4. The number of alkyl halides is 1. The van der Waals surface area contributed by atoms with Crippen molar-refractivity contribution in [3.05, 3.63) is 10.5 Å². The van der Waals surface area contributed by atoms with Crippen LogP contribution in [0.5, 0.6) is 5.88 Å². The lowest BCUT2D eigenvalue weighted by atomic mass is 10.0. The fraction of sp³-hybridized carbons (Fsp3) is 0.667. The fourth-order valence-corrected chi connectivity index (χ4v) is 4.33. The number of nitrogens with zero attached hydrogens (tertiary/aromatic N) is 4. The molecule has 186 valence electrons. The second-order valence-electron chi connectivity index (χ2n) is 8.54. The molecule has 2 aliphatic rings. The molecule has 5 atom stereocenters. The van der Waals surface area contributed by atoms with Crippen LogP contribution in [0.15, 0.2) is 4.79 Å². The van der Waals surface area contributed by atoms with E-state index in [1.807, 2.05) is 0 Å². The van der Waals surface area contributed by atoms with Gasteiger partial charge in [0.05, 0.1) is 7.11 Å². The lowest BCUT2D eigenvalue weighted by molar-refractivity contribution is -0.159. The molecule has 0 amide bonds. The molecule has 12 nitrogen and oxygen atoms in total. The van der Waals surface area contributed by atoms with Crippen molar-refractivity contribution >= 4 is 29.1 Å². The van der Waals surface area contributed by atoms with Crippen LogP contribution < -0.4 is 16.2 Å². The average Bonchev–Trinajstić information content (AvgIpc) is 3.49. The first kappa shape index (κ1) is 23.9. The molecular formula is C21H28FN5O7. The number of aromatic nitrogens is 4. The molecule has 34 heavy (non-hydrogen) atoms. The van der Waals surface area contributed by atoms with Crippen LogP contribution in [0.25, 0.3) is 11.2 Å². The second-order valence-corrected chi connectivity index (χ2v) is 8.54. The normalized spacial score (nSPS) is 25.3. The summed E-state index contributed by atoms with van der Waals surface area (Å²) in [6.07, 6.45) is -4.84. The van der Waals surface area contributed by atoms with Gasteiger partial charge in [0.15, 0.2) is 29.7 Å². The van der Waals surface area contributed by atoms with Gasteiger partial charge in [0, 0.05) is 20.4 Å². The lowest BCUT2D eigenvalue weighted by Crippen LogP contribution is -2.39. The first-order chi connectivity index (χ1) is 16.2. The van der Waals surface area contributed by atoms with E-state index in [-0.39, 0.29) is 29.4 Å². The van der Waals surface area contributed by atoms with Gasteiger partial charge in [-0.15, -0.1) is 0 Å². The van der Waals surface area contributed by atoms with Gasteiger partial charge < -0.3 is 24.7 Å². The Kier molecular flexibility index (Phi) is 6.47. The third kappa shape index (κ3) is 4.31. The maximum absolute atomic E-state index is 15.6. The molecule has 1 unspecified atom stereocenters. The Morgan fingerprint density at radius 3 is 2.53 bits per heavy atom. The van der Waals surface area contributed by atoms with E-state index in [1.165, 1.54) is 18.6 Å². The zero-order valence-corrected chi connectivity index (χ0v) is 19.4. The van der Waals surface area contributed by atoms with E-state index < -0.39 is 48.3 Å². The Labute approximate surface area is 194 Å². The van der Waals surface area contributed by atoms with Gasteiger partial charge in [-0.1, -0.05) is 6.92 Å². The summed E-state index contributed by atoms with van der Waals surface area (Å²) in [6.45, 7) is 4.41. The third-order valence-corrected chi connectivity index (χ3v) is 5.97. The van der Waals surface area contributed by atoms with E-state index >= 15 is 4.39 Å². The summed E-state index contributed by atoms with van der Waals surface area (Å²) >= 11 is 0. The Balaban J connectivity index is 1.87. The van der Waals surface area contributed by atoms with Crippen molar-refractivity contribution in [1.82, 2.24) is 19.1 Å². The van der Waals surface area contributed by atoms with Crippen LogP contribution in [-0.2, 0) is 30.3 Å². The molecule has 1 aliphatic heterocycles. The smallest absolute Gasteiger partial charge is 0.332 e. The number of imidazole rings is 1. The molecule has 2 aromatic heterocycles. The molecular weight excluding hydrogens is 453 g/mol. The highest BCUT2D eigenvalue weighted by molar-refractivity contribution is 5.78.